The number of rotatable bonds is 9. The van der Waals surface area contributed by atoms with Crippen LogP contribution in [0.25, 0.3) is 0 Å². The maximum atomic E-state index is 13.1. The summed E-state index contributed by atoms with van der Waals surface area (Å²) >= 11 is 0. The highest BCUT2D eigenvalue weighted by atomic mass is 16.6. The van der Waals surface area contributed by atoms with Gasteiger partial charge in [0.2, 0.25) is 5.75 Å². The second-order valence-corrected chi connectivity index (χ2v) is 7.98. The van der Waals surface area contributed by atoms with Crippen molar-refractivity contribution in [2.45, 2.75) is 5.60 Å². The first-order valence-corrected chi connectivity index (χ1v) is 11.2. The molecule has 4 aromatic rings. The third-order valence-electron chi connectivity index (χ3n) is 5.53. The van der Waals surface area contributed by atoms with E-state index in [0.29, 0.717) is 16.7 Å². The third-order valence-corrected chi connectivity index (χ3v) is 5.53. The Labute approximate surface area is 215 Å². The standard InChI is InChI=1S/C27H20N4O7/c32-26(27(33,20-9-3-1-4-10-20)21-11-5-2-6-12-21)29-28-18-19-8-7-13-23(16-19)38-25-15-14-22(30(34)35)17-24(25)31(36)37/h1-18,33H,(H,29,32). The number of hydrogen-bond acceptors (Lipinski definition) is 8. The Morgan fingerprint density at radius 1 is 0.842 bits per heavy atom. The van der Waals surface area contributed by atoms with Crippen molar-refractivity contribution < 1.29 is 24.5 Å². The molecule has 1 amide bonds. The number of carbonyl (C=O) groups excluding carboxylic acids is 1. The van der Waals surface area contributed by atoms with E-state index in [0.717, 1.165) is 18.2 Å². The predicted molar refractivity (Wildman–Crippen MR) is 138 cm³/mol. The number of nitrogens with one attached hydrogen (secondary N) is 1. The van der Waals surface area contributed by atoms with Gasteiger partial charge >= 0.3 is 5.69 Å². The monoisotopic (exact) mass is 512 g/mol. The molecule has 0 saturated heterocycles. The van der Waals surface area contributed by atoms with Crippen LogP contribution in [-0.2, 0) is 10.4 Å². The van der Waals surface area contributed by atoms with Crippen LogP contribution in [-0.4, -0.2) is 27.1 Å². The molecule has 0 aromatic heterocycles. The van der Waals surface area contributed by atoms with Crippen LogP contribution in [0.15, 0.2) is 108 Å². The molecule has 0 saturated carbocycles. The summed E-state index contributed by atoms with van der Waals surface area (Å²) in [7, 11) is 0. The fraction of sp³-hybridized carbons (Fsp3) is 0.0370. The molecule has 2 N–H and O–H groups in total. The van der Waals surface area contributed by atoms with Crippen molar-refractivity contribution in [3.63, 3.8) is 0 Å². The molecule has 0 aliphatic carbocycles. The fourth-order valence-corrected chi connectivity index (χ4v) is 3.67. The first-order valence-electron chi connectivity index (χ1n) is 11.2. The Morgan fingerprint density at radius 2 is 1.47 bits per heavy atom. The highest BCUT2D eigenvalue weighted by molar-refractivity contribution is 5.91. The molecule has 0 fully saturated rings. The molecule has 0 heterocycles. The molecule has 0 aliphatic heterocycles. The average Bonchev–Trinajstić information content (AvgIpc) is 2.93. The molecule has 0 spiro atoms. The summed E-state index contributed by atoms with van der Waals surface area (Å²) in [4.78, 5) is 33.9. The van der Waals surface area contributed by atoms with Gasteiger partial charge in [-0.2, -0.15) is 5.10 Å². The van der Waals surface area contributed by atoms with Gasteiger partial charge in [-0.25, -0.2) is 5.43 Å². The maximum absolute atomic E-state index is 13.1. The zero-order valence-corrected chi connectivity index (χ0v) is 19.6. The highest BCUT2D eigenvalue weighted by Crippen LogP contribution is 2.34. The maximum Gasteiger partial charge on any atom is 0.318 e. The molecule has 38 heavy (non-hydrogen) atoms. The van der Waals surface area contributed by atoms with Crippen LogP contribution in [0.3, 0.4) is 0 Å². The number of benzene rings is 4. The van der Waals surface area contributed by atoms with E-state index in [-0.39, 0.29) is 11.5 Å². The molecule has 4 aromatic carbocycles. The zero-order valence-electron chi connectivity index (χ0n) is 19.6. The van der Waals surface area contributed by atoms with E-state index in [4.69, 9.17) is 4.74 Å². The quantitative estimate of drug-likeness (QED) is 0.187. The lowest BCUT2D eigenvalue weighted by Crippen LogP contribution is -2.43. The van der Waals surface area contributed by atoms with Gasteiger partial charge in [0.15, 0.2) is 5.60 Å². The molecule has 11 heteroatoms. The summed E-state index contributed by atoms with van der Waals surface area (Å²) < 4.78 is 5.59. The molecule has 0 unspecified atom stereocenters. The first kappa shape index (κ1) is 25.7. The van der Waals surface area contributed by atoms with Crippen molar-refractivity contribution in [3.8, 4) is 11.5 Å². The summed E-state index contributed by atoms with van der Waals surface area (Å²) in [5.41, 5.74) is 0.552. The largest absolute Gasteiger partial charge is 0.450 e. The lowest BCUT2D eigenvalue weighted by molar-refractivity contribution is -0.394. The minimum atomic E-state index is -2.00. The second-order valence-electron chi connectivity index (χ2n) is 7.98. The minimum Gasteiger partial charge on any atom is -0.450 e. The Hall–Kier alpha value is -5.42. The Balaban J connectivity index is 1.53. The number of nitrogens with zero attached hydrogens (tertiary/aromatic N) is 3. The summed E-state index contributed by atoms with van der Waals surface area (Å²) in [6.07, 6.45) is 1.31. The molecule has 0 atom stereocenters. The van der Waals surface area contributed by atoms with Gasteiger partial charge < -0.3 is 9.84 Å². The van der Waals surface area contributed by atoms with Gasteiger partial charge in [0.05, 0.1) is 22.1 Å². The van der Waals surface area contributed by atoms with Gasteiger partial charge in [0.25, 0.3) is 11.6 Å². The molecule has 190 valence electrons. The summed E-state index contributed by atoms with van der Waals surface area (Å²) in [6.45, 7) is 0. The fourth-order valence-electron chi connectivity index (χ4n) is 3.67. The number of nitro groups is 2. The molecule has 4 rings (SSSR count). The van der Waals surface area contributed by atoms with E-state index in [2.05, 4.69) is 10.5 Å². The number of ether oxygens (including phenoxy) is 1. The van der Waals surface area contributed by atoms with Crippen LogP contribution in [0.2, 0.25) is 0 Å². The van der Waals surface area contributed by atoms with Crippen LogP contribution < -0.4 is 10.2 Å². The zero-order chi connectivity index (χ0) is 27.1. The lowest BCUT2D eigenvalue weighted by Gasteiger charge is -2.27. The Kier molecular flexibility index (Phi) is 7.50. The molecule has 0 radical (unpaired) electrons. The topological polar surface area (TPSA) is 157 Å². The van der Waals surface area contributed by atoms with E-state index >= 15 is 0 Å². The van der Waals surface area contributed by atoms with Gasteiger partial charge in [-0.1, -0.05) is 72.8 Å². The SMILES string of the molecule is O=C(NN=Cc1cccc(Oc2ccc([N+](=O)[O-])cc2[N+](=O)[O-])c1)C(O)(c1ccccc1)c1ccccc1. The van der Waals surface area contributed by atoms with Crippen molar-refractivity contribution in [2.75, 3.05) is 0 Å². The van der Waals surface area contributed by atoms with E-state index in [1.807, 2.05) is 0 Å². The number of hydrogen-bond donors (Lipinski definition) is 2. The second kappa shape index (κ2) is 11.1. The van der Waals surface area contributed by atoms with Crippen molar-refractivity contribution in [1.29, 1.82) is 0 Å². The molecule has 0 bridgehead atoms. The van der Waals surface area contributed by atoms with Crippen molar-refractivity contribution in [2.24, 2.45) is 5.10 Å². The van der Waals surface area contributed by atoms with Gasteiger partial charge in [0.1, 0.15) is 5.75 Å². The van der Waals surface area contributed by atoms with Crippen LogP contribution in [0.4, 0.5) is 11.4 Å². The first-order chi connectivity index (χ1) is 18.3. The number of amides is 1. The van der Waals surface area contributed by atoms with E-state index in [1.54, 1.807) is 72.8 Å². The Bertz CT molecular complexity index is 1470. The van der Waals surface area contributed by atoms with Crippen LogP contribution in [0.1, 0.15) is 16.7 Å². The van der Waals surface area contributed by atoms with Crippen molar-refractivity contribution >= 4 is 23.5 Å². The number of carbonyl (C=O) groups is 1. The summed E-state index contributed by atoms with van der Waals surface area (Å²) in [5.74, 6) is -0.763. The summed E-state index contributed by atoms with van der Waals surface area (Å²) in [6, 6.07) is 26.2. The van der Waals surface area contributed by atoms with Gasteiger partial charge in [-0.15, -0.1) is 0 Å². The highest BCUT2D eigenvalue weighted by Gasteiger charge is 2.39. The van der Waals surface area contributed by atoms with Gasteiger partial charge in [-0.3, -0.25) is 25.0 Å². The third kappa shape index (κ3) is 5.53. The van der Waals surface area contributed by atoms with Crippen LogP contribution in [0.5, 0.6) is 11.5 Å². The molecule has 0 aliphatic rings. The molecular formula is C27H20N4O7. The van der Waals surface area contributed by atoms with E-state index in [1.165, 1.54) is 18.3 Å². The minimum absolute atomic E-state index is 0.182. The van der Waals surface area contributed by atoms with Crippen LogP contribution >= 0.6 is 0 Å². The van der Waals surface area contributed by atoms with Gasteiger partial charge in [-0.05, 0) is 34.9 Å². The average molecular weight is 512 g/mol. The molecule has 11 nitrogen and oxygen atoms in total. The number of non-ortho nitro benzene ring substituents is 1. The van der Waals surface area contributed by atoms with Crippen molar-refractivity contribution in [3.05, 3.63) is 140 Å². The smallest absolute Gasteiger partial charge is 0.318 e. The lowest BCUT2D eigenvalue weighted by atomic mass is 9.85. The molecular weight excluding hydrogens is 492 g/mol. The number of hydrazone groups is 1. The van der Waals surface area contributed by atoms with Gasteiger partial charge in [0, 0.05) is 6.07 Å². The number of aliphatic hydroxyl groups is 1. The van der Waals surface area contributed by atoms with Crippen LogP contribution in [0, 0.1) is 20.2 Å². The summed E-state index contributed by atoms with van der Waals surface area (Å²) in [5, 5.41) is 37.7. The predicted octanol–water partition coefficient (Wildman–Crippen LogP) is 4.68. The van der Waals surface area contributed by atoms with Crippen molar-refractivity contribution in [1.82, 2.24) is 5.43 Å². The van der Waals surface area contributed by atoms with E-state index in [9.17, 15) is 30.1 Å². The normalized spacial score (nSPS) is 11.2. The Morgan fingerprint density at radius 3 is 2.05 bits per heavy atom. The number of nitro benzene ring substituents is 2. The van der Waals surface area contributed by atoms with E-state index < -0.39 is 32.7 Å².